The summed E-state index contributed by atoms with van der Waals surface area (Å²) in [6.45, 7) is 2.30. The van der Waals surface area contributed by atoms with Crippen molar-refractivity contribution >= 4 is 0 Å². The van der Waals surface area contributed by atoms with Crippen LogP contribution in [-0.4, -0.2) is 39.2 Å². The SMILES string of the molecule is CNCCN(C)Cc1c(F)cccc1OC. The van der Waals surface area contributed by atoms with Crippen molar-refractivity contribution in [1.29, 1.82) is 0 Å². The summed E-state index contributed by atoms with van der Waals surface area (Å²) >= 11 is 0. The fourth-order valence-corrected chi connectivity index (χ4v) is 1.54. The zero-order valence-electron chi connectivity index (χ0n) is 10.1. The molecule has 16 heavy (non-hydrogen) atoms. The molecule has 1 aromatic rings. The molecule has 0 fully saturated rings. The number of methoxy groups -OCH3 is 1. The smallest absolute Gasteiger partial charge is 0.131 e. The lowest BCUT2D eigenvalue weighted by Gasteiger charge is -2.18. The maximum absolute atomic E-state index is 13.6. The molecule has 0 unspecified atom stereocenters. The van der Waals surface area contributed by atoms with Gasteiger partial charge in [0.05, 0.1) is 7.11 Å². The van der Waals surface area contributed by atoms with Crippen LogP contribution in [-0.2, 0) is 6.54 Å². The van der Waals surface area contributed by atoms with Gasteiger partial charge in [-0.25, -0.2) is 4.39 Å². The van der Waals surface area contributed by atoms with Gasteiger partial charge in [0.25, 0.3) is 0 Å². The van der Waals surface area contributed by atoms with E-state index >= 15 is 0 Å². The van der Waals surface area contributed by atoms with Crippen molar-refractivity contribution in [3.05, 3.63) is 29.6 Å². The number of hydrogen-bond donors (Lipinski definition) is 1. The van der Waals surface area contributed by atoms with Gasteiger partial charge in [0.15, 0.2) is 0 Å². The topological polar surface area (TPSA) is 24.5 Å². The monoisotopic (exact) mass is 226 g/mol. The Morgan fingerprint density at radius 3 is 2.81 bits per heavy atom. The molecule has 0 atom stereocenters. The van der Waals surface area contributed by atoms with Gasteiger partial charge >= 0.3 is 0 Å². The Morgan fingerprint density at radius 2 is 2.19 bits per heavy atom. The molecule has 0 aliphatic carbocycles. The maximum Gasteiger partial charge on any atom is 0.131 e. The first-order valence-electron chi connectivity index (χ1n) is 5.33. The molecule has 0 aromatic heterocycles. The highest BCUT2D eigenvalue weighted by atomic mass is 19.1. The van der Waals surface area contributed by atoms with Gasteiger partial charge in [-0.2, -0.15) is 0 Å². The van der Waals surface area contributed by atoms with Crippen LogP contribution in [0.3, 0.4) is 0 Å². The first-order valence-corrected chi connectivity index (χ1v) is 5.33. The third kappa shape index (κ3) is 3.47. The van der Waals surface area contributed by atoms with Gasteiger partial charge < -0.3 is 15.0 Å². The quantitative estimate of drug-likeness (QED) is 0.795. The van der Waals surface area contributed by atoms with Crippen molar-refractivity contribution in [3.63, 3.8) is 0 Å². The molecule has 0 heterocycles. The molecule has 0 aliphatic rings. The predicted octanol–water partition coefficient (Wildman–Crippen LogP) is 1.49. The number of rotatable bonds is 6. The molecular weight excluding hydrogens is 207 g/mol. The second-order valence-electron chi connectivity index (χ2n) is 3.76. The average molecular weight is 226 g/mol. The molecule has 90 valence electrons. The summed E-state index contributed by atoms with van der Waals surface area (Å²) in [6.07, 6.45) is 0. The van der Waals surface area contributed by atoms with Crippen LogP contribution in [0.25, 0.3) is 0 Å². The number of likely N-dealkylation sites (N-methyl/N-ethyl adjacent to an activating group) is 2. The molecule has 0 spiro atoms. The van der Waals surface area contributed by atoms with Gasteiger partial charge in [-0.1, -0.05) is 6.07 Å². The van der Waals surface area contributed by atoms with E-state index in [9.17, 15) is 4.39 Å². The summed E-state index contributed by atoms with van der Waals surface area (Å²) in [7, 11) is 5.42. The van der Waals surface area contributed by atoms with E-state index in [1.54, 1.807) is 19.2 Å². The van der Waals surface area contributed by atoms with Gasteiger partial charge in [-0.3, -0.25) is 0 Å². The molecule has 0 saturated carbocycles. The molecule has 0 bridgehead atoms. The molecule has 0 radical (unpaired) electrons. The lowest BCUT2D eigenvalue weighted by atomic mass is 10.1. The van der Waals surface area contributed by atoms with E-state index in [2.05, 4.69) is 10.2 Å². The van der Waals surface area contributed by atoms with E-state index in [1.807, 2.05) is 14.1 Å². The first-order chi connectivity index (χ1) is 7.69. The number of nitrogens with one attached hydrogen (secondary N) is 1. The van der Waals surface area contributed by atoms with Crippen LogP contribution in [0.2, 0.25) is 0 Å². The number of halogens is 1. The number of benzene rings is 1. The van der Waals surface area contributed by atoms with Crippen molar-refractivity contribution in [3.8, 4) is 5.75 Å². The van der Waals surface area contributed by atoms with Crippen molar-refractivity contribution in [2.45, 2.75) is 6.54 Å². The van der Waals surface area contributed by atoms with Crippen molar-refractivity contribution in [1.82, 2.24) is 10.2 Å². The van der Waals surface area contributed by atoms with Crippen LogP contribution in [0.4, 0.5) is 4.39 Å². The highest BCUT2D eigenvalue weighted by molar-refractivity contribution is 5.34. The van der Waals surface area contributed by atoms with Gasteiger partial charge in [0.1, 0.15) is 11.6 Å². The molecule has 0 amide bonds. The fraction of sp³-hybridized carbons (Fsp3) is 0.500. The summed E-state index contributed by atoms with van der Waals surface area (Å²) < 4.78 is 18.7. The van der Waals surface area contributed by atoms with E-state index in [0.29, 0.717) is 17.9 Å². The standard InChI is InChI=1S/C12H19FN2O/c1-14-7-8-15(2)9-10-11(13)5-4-6-12(10)16-3/h4-6,14H,7-9H2,1-3H3. The van der Waals surface area contributed by atoms with E-state index in [4.69, 9.17) is 4.74 Å². The minimum Gasteiger partial charge on any atom is -0.496 e. The van der Waals surface area contributed by atoms with Gasteiger partial charge in [-0.05, 0) is 26.2 Å². The van der Waals surface area contributed by atoms with Crippen LogP contribution in [0.5, 0.6) is 5.75 Å². The first kappa shape index (κ1) is 12.9. The molecule has 3 nitrogen and oxygen atoms in total. The minimum absolute atomic E-state index is 0.212. The van der Waals surface area contributed by atoms with Crippen LogP contribution in [0, 0.1) is 5.82 Å². The zero-order chi connectivity index (χ0) is 12.0. The van der Waals surface area contributed by atoms with Gasteiger partial charge in [0.2, 0.25) is 0 Å². The Labute approximate surface area is 96.2 Å². The second-order valence-corrected chi connectivity index (χ2v) is 3.76. The second kappa shape index (κ2) is 6.45. The Kier molecular flexibility index (Phi) is 5.22. The van der Waals surface area contributed by atoms with Gasteiger partial charge in [-0.15, -0.1) is 0 Å². The Bertz CT molecular complexity index is 331. The third-order valence-corrected chi connectivity index (χ3v) is 2.47. The summed E-state index contributed by atoms with van der Waals surface area (Å²) in [5, 5.41) is 3.06. The summed E-state index contributed by atoms with van der Waals surface area (Å²) in [5.41, 5.74) is 0.614. The number of hydrogen-bond acceptors (Lipinski definition) is 3. The predicted molar refractivity (Wildman–Crippen MR) is 63.2 cm³/mol. The van der Waals surface area contributed by atoms with E-state index in [1.165, 1.54) is 6.07 Å². The summed E-state index contributed by atoms with van der Waals surface area (Å²) in [6, 6.07) is 4.90. The van der Waals surface area contributed by atoms with Crippen molar-refractivity contribution < 1.29 is 9.13 Å². The Balaban J connectivity index is 2.71. The van der Waals surface area contributed by atoms with E-state index < -0.39 is 0 Å². The van der Waals surface area contributed by atoms with Crippen LogP contribution >= 0.6 is 0 Å². The molecule has 1 N–H and O–H groups in total. The largest absolute Gasteiger partial charge is 0.496 e. The fourth-order valence-electron chi connectivity index (χ4n) is 1.54. The van der Waals surface area contributed by atoms with E-state index in [0.717, 1.165) is 13.1 Å². The summed E-state index contributed by atoms with van der Waals surface area (Å²) in [5.74, 6) is 0.395. The minimum atomic E-state index is -0.212. The van der Waals surface area contributed by atoms with Gasteiger partial charge in [0, 0.05) is 25.2 Å². The number of nitrogens with zero attached hydrogens (tertiary/aromatic N) is 1. The Morgan fingerprint density at radius 1 is 1.44 bits per heavy atom. The normalized spacial score (nSPS) is 10.8. The van der Waals surface area contributed by atoms with E-state index in [-0.39, 0.29) is 5.82 Å². The molecule has 1 rings (SSSR count). The number of ether oxygens (including phenoxy) is 1. The molecule has 4 heteroatoms. The lowest BCUT2D eigenvalue weighted by molar-refractivity contribution is 0.312. The third-order valence-electron chi connectivity index (χ3n) is 2.47. The highest BCUT2D eigenvalue weighted by Crippen LogP contribution is 2.22. The molecule has 1 aromatic carbocycles. The summed E-state index contributed by atoms with van der Waals surface area (Å²) in [4.78, 5) is 2.05. The van der Waals surface area contributed by atoms with Crippen LogP contribution in [0.1, 0.15) is 5.56 Å². The molecule has 0 aliphatic heterocycles. The highest BCUT2D eigenvalue weighted by Gasteiger charge is 2.10. The zero-order valence-corrected chi connectivity index (χ0v) is 10.1. The average Bonchev–Trinajstić information content (AvgIpc) is 2.29. The molecule has 0 saturated heterocycles. The Hall–Kier alpha value is -1.13. The molecular formula is C12H19FN2O. The maximum atomic E-state index is 13.6. The van der Waals surface area contributed by atoms with Crippen LogP contribution in [0.15, 0.2) is 18.2 Å². The van der Waals surface area contributed by atoms with Crippen molar-refractivity contribution in [2.24, 2.45) is 0 Å². The lowest BCUT2D eigenvalue weighted by Crippen LogP contribution is -2.27. The van der Waals surface area contributed by atoms with Crippen molar-refractivity contribution in [2.75, 3.05) is 34.3 Å². The van der Waals surface area contributed by atoms with Crippen LogP contribution < -0.4 is 10.1 Å².